The average Bonchev–Trinajstić information content (AvgIpc) is 3.30. The molecule has 2 atom stereocenters. The number of esters is 1. The van der Waals surface area contributed by atoms with Crippen molar-refractivity contribution in [2.45, 2.75) is 22.7 Å². The van der Waals surface area contributed by atoms with Crippen LogP contribution >= 0.6 is 23.5 Å². The van der Waals surface area contributed by atoms with E-state index in [4.69, 9.17) is 10.5 Å². The van der Waals surface area contributed by atoms with Crippen molar-refractivity contribution in [1.29, 1.82) is 0 Å². The molecule has 3 heterocycles. The maximum Gasteiger partial charge on any atom is 0.356 e. The number of nitrogens with two attached hydrogens (primary N) is 1. The minimum Gasteiger partial charge on any atom is -0.448 e. The summed E-state index contributed by atoms with van der Waals surface area (Å²) >= 11 is 2.95. The standard InChI is InChI=1S/C23H22N6O3S2/c1-28-23(25-26-27-28)34-13-16-12-33-21-17(24)20(30)29(21)18(16)22(31)32-19(14-8-4-2-5-9-14)15-10-6-3-7-11-15/h2-11,17,19,21H,12-13,24H2,1H3/t17?,21-/m0/s1. The Kier molecular flexibility index (Phi) is 6.40. The molecule has 0 spiro atoms. The molecule has 0 bridgehead atoms. The predicted molar refractivity (Wildman–Crippen MR) is 128 cm³/mol. The van der Waals surface area contributed by atoms with Crippen LogP contribution in [0.5, 0.6) is 0 Å². The van der Waals surface area contributed by atoms with Crippen LogP contribution in [-0.2, 0) is 21.4 Å². The first-order valence-corrected chi connectivity index (χ1v) is 12.7. The van der Waals surface area contributed by atoms with E-state index in [1.807, 2.05) is 60.7 Å². The maximum atomic E-state index is 13.7. The fraction of sp³-hybridized carbons (Fsp3) is 0.261. The zero-order valence-corrected chi connectivity index (χ0v) is 19.9. The van der Waals surface area contributed by atoms with Crippen LogP contribution in [-0.4, -0.2) is 59.9 Å². The molecular weight excluding hydrogens is 472 g/mol. The topological polar surface area (TPSA) is 116 Å². The highest BCUT2D eigenvalue weighted by molar-refractivity contribution is 8.01. The van der Waals surface area contributed by atoms with Crippen molar-refractivity contribution in [3.05, 3.63) is 83.1 Å². The Hall–Kier alpha value is -3.15. The molecule has 2 N–H and O–H groups in total. The van der Waals surface area contributed by atoms with E-state index in [-0.39, 0.29) is 17.0 Å². The van der Waals surface area contributed by atoms with Gasteiger partial charge in [0.2, 0.25) is 11.1 Å². The van der Waals surface area contributed by atoms with E-state index in [9.17, 15) is 9.59 Å². The lowest BCUT2D eigenvalue weighted by Crippen LogP contribution is -2.68. The van der Waals surface area contributed by atoms with Gasteiger partial charge in [-0.15, -0.1) is 16.9 Å². The van der Waals surface area contributed by atoms with Crippen LogP contribution in [0.4, 0.5) is 0 Å². The summed E-state index contributed by atoms with van der Waals surface area (Å²) in [5.41, 5.74) is 8.77. The highest BCUT2D eigenvalue weighted by Gasteiger charge is 2.52. The van der Waals surface area contributed by atoms with Gasteiger partial charge in [-0.05, 0) is 27.1 Å². The summed E-state index contributed by atoms with van der Waals surface area (Å²) in [7, 11) is 1.75. The van der Waals surface area contributed by atoms with Gasteiger partial charge < -0.3 is 10.5 Å². The second kappa shape index (κ2) is 9.61. The summed E-state index contributed by atoms with van der Waals surface area (Å²) in [5, 5.41) is 11.8. The number of ether oxygens (including phenoxy) is 1. The first-order valence-electron chi connectivity index (χ1n) is 10.6. The first-order chi connectivity index (χ1) is 16.5. The number of β-lactam (4-membered cyclic amide) rings is 1. The molecule has 5 rings (SSSR count). The quantitative estimate of drug-likeness (QED) is 0.299. The van der Waals surface area contributed by atoms with E-state index in [0.717, 1.165) is 16.7 Å². The molecule has 1 saturated heterocycles. The number of hydrogen-bond acceptors (Lipinski definition) is 9. The van der Waals surface area contributed by atoms with Gasteiger partial charge in [-0.2, -0.15) is 0 Å². The molecule has 0 aliphatic carbocycles. The molecule has 1 unspecified atom stereocenters. The van der Waals surface area contributed by atoms with Crippen LogP contribution in [0.1, 0.15) is 17.2 Å². The van der Waals surface area contributed by atoms with E-state index in [0.29, 0.717) is 16.7 Å². The number of nitrogens with zero attached hydrogens (tertiary/aromatic N) is 5. The number of thioether (sulfide) groups is 2. The molecule has 174 valence electrons. The maximum absolute atomic E-state index is 13.7. The van der Waals surface area contributed by atoms with Crippen LogP contribution < -0.4 is 5.73 Å². The van der Waals surface area contributed by atoms with Crippen molar-refractivity contribution in [3.63, 3.8) is 0 Å². The molecule has 0 radical (unpaired) electrons. The van der Waals surface area contributed by atoms with E-state index in [1.54, 1.807) is 23.5 Å². The zero-order valence-electron chi connectivity index (χ0n) is 18.3. The number of amides is 1. The summed E-state index contributed by atoms with van der Waals surface area (Å²) in [6, 6.07) is 18.5. The number of hydrogen-bond donors (Lipinski definition) is 1. The molecule has 2 aliphatic rings. The van der Waals surface area contributed by atoms with Crippen molar-refractivity contribution in [1.82, 2.24) is 25.1 Å². The largest absolute Gasteiger partial charge is 0.448 e. The third-order valence-electron chi connectivity index (χ3n) is 5.67. The summed E-state index contributed by atoms with van der Waals surface area (Å²) in [6.07, 6.45) is -0.614. The van der Waals surface area contributed by atoms with E-state index in [1.165, 1.54) is 16.7 Å². The number of carbonyl (C=O) groups is 2. The van der Waals surface area contributed by atoms with Gasteiger partial charge in [0.1, 0.15) is 17.1 Å². The van der Waals surface area contributed by atoms with Crippen LogP contribution in [0.2, 0.25) is 0 Å². The van der Waals surface area contributed by atoms with Crippen molar-refractivity contribution in [3.8, 4) is 0 Å². The third kappa shape index (κ3) is 4.22. The van der Waals surface area contributed by atoms with Gasteiger partial charge in [-0.25, -0.2) is 9.48 Å². The van der Waals surface area contributed by atoms with Gasteiger partial charge in [0.25, 0.3) is 0 Å². The number of carbonyl (C=O) groups excluding carboxylic acids is 2. The Morgan fingerprint density at radius 2 is 1.82 bits per heavy atom. The summed E-state index contributed by atoms with van der Waals surface area (Å²) < 4.78 is 7.66. The Balaban J connectivity index is 1.47. The lowest BCUT2D eigenvalue weighted by atomic mass is 10.0. The minimum absolute atomic E-state index is 0.271. The van der Waals surface area contributed by atoms with Gasteiger partial charge in [0.15, 0.2) is 6.10 Å². The Morgan fingerprint density at radius 1 is 1.18 bits per heavy atom. The number of aromatic nitrogens is 4. The molecule has 2 aromatic carbocycles. The molecule has 34 heavy (non-hydrogen) atoms. The number of tetrazole rings is 1. The number of rotatable bonds is 7. The second-order valence-electron chi connectivity index (χ2n) is 7.87. The molecule has 2 aliphatic heterocycles. The van der Waals surface area contributed by atoms with Gasteiger partial charge in [-0.3, -0.25) is 9.69 Å². The lowest BCUT2D eigenvalue weighted by Gasteiger charge is -2.48. The third-order valence-corrected chi connectivity index (χ3v) is 8.13. The van der Waals surface area contributed by atoms with Gasteiger partial charge in [-0.1, -0.05) is 72.4 Å². The summed E-state index contributed by atoms with van der Waals surface area (Å²) in [4.78, 5) is 27.8. The molecule has 3 aromatic rings. The number of aryl methyl sites for hydroxylation is 1. The highest BCUT2D eigenvalue weighted by atomic mass is 32.2. The Labute approximate surface area is 204 Å². The van der Waals surface area contributed by atoms with Crippen molar-refractivity contribution in [2.24, 2.45) is 12.8 Å². The first kappa shape index (κ1) is 22.6. The minimum atomic E-state index is -0.621. The Morgan fingerprint density at radius 3 is 2.41 bits per heavy atom. The number of fused-ring (bicyclic) bond motifs is 1. The van der Waals surface area contributed by atoms with Gasteiger partial charge in [0, 0.05) is 18.6 Å². The zero-order chi connectivity index (χ0) is 23.7. The normalized spacial score (nSPS) is 19.7. The van der Waals surface area contributed by atoms with Crippen molar-refractivity contribution < 1.29 is 14.3 Å². The van der Waals surface area contributed by atoms with E-state index < -0.39 is 18.1 Å². The highest BCUT2D eigenvalue weighted by Crippen LogP contribution is 2.41. The van der Waals surface area contributed by atoms with Gasteiger partial charge >= 0.3 is 5.97 Å². The van der Waals surface area contributed by atoms with Gasteiger partial charge in [0.05, 0.1) is 0 Å². The average molecular weight is 495 g/mol. The van der Waals surface area contributed by atoms with Crippen molar-refractivity contribution in [2.75, 3.05) is 11.5 Å². The summed E-state index contributed by atoms with van der Waals surface area (Å²) in [5.74, 6) is 0.183. The molecule has 1 aromatic heterocycles. The molecule has 0 saturated carbocycles. The fourth-order valence-electron chi connectivity index (χ4n) is 3.92. The molecule has 1 fully saturated rings. The smallest absolute Gasteiger partial charge is 0.356 e. The fourth-order valence-corrected chi connectivity index (χ4v) is 6.20. The SMILES string of the molecule is Cn1nnnc1SCC1=C(C(=O)OC(c2ccccc2)c2ccccc2)N2C(=O)C(N)[C@@H]2SC1. The molecule has 1 amide bonds. The number of benzene rings is 2. The van der Waals surface area contributed by atoms with Crippen molar-refractivity contribution >= 4 is 35.4 Å². The van der Waals surface area contributed by atoms with Crippen LogP contribution in [0.15, 0.2) is 77.1 Å². The molecular formula is C23H22N6O3S2. The second-order valence-corrected chi connectivity index (χ2v) is 9.92. The van der Waals surface area contributed by atoms with Crippen LogP contribution in [0, 0.1) is 0 Å². The van der Waals surface area contributed by atoms with E-state index in [2.05, 4.69) is 15.5 Å². The predicted octanol–water partition coefficient (Wildman–Crippen LogP) is 2.13. The van der Waals surface area contributed by atoms with Crippen LogP contribution in [0.3, 0.4) is 0 Å². The molecule has 9 nitrogen and oxygen atoms in total. The summed E-state index contributed by atoms with van der Waals surface area (Å²) in [6.45, 7) is 0. The van der Waals surface area contributed by atoms with Crippen LogP contribution in [0.25, 0.3) is 0 Å². The monoisotopic (exact) mass is 494 g/mol. The lowest BCUT2D eigenvalue weighted by molar-refractivity contribution is -0.153. The Bertz CT molecular complexity index is 1190. The molecule has 11 heteroatoms. The van der Waals surface area contributed by atoms with E-state index >= 15 is 0 Å².